The van der Waals surface area contributed by atoms with E-state index in [-0.39, 0.29) is 12.4 Å². The zero-order chi connectivity index (χ0) is 19.3. The third-order valence-electron chi connectivity index (χ3n) is 4.97. The Labute approximate surface area is 156 Å². The standard InChI is InChI=1S/C21H21F2NO3/c22-16-9-7-15(8-10-16)13-24-19(25)14-27-20(26)21(11-3-4-12-21)17-5-1-2-6-18(17)23/h1-2,5-10H,3-4,11-14H2,(H,24,25). The van der Waals surface area contributed by atoms with Gasteiger partial charge in [-0.3, -0.25) is 9.59 Å². The van der Waals surface area contributed by atoms with Gasteiger partial charge in [0.05, 0.1) is 5.41 Å². The molecule has 0 bridgehead atoms. The fraction of sp³-hybridized carbons (Fsp3) is 0.333. The Morgan fingerprint density at radius 1 is 1.00 bits per heavy atom. The Morgan fingerprint density at radius 3 is 2.33 bits per heavy atom. The number of ether oxygens (including phenoxy) is 1. The van der Waals surface area contributed by atoms with E-state index < -0.39 is 29.7 Å². The number of halogens is 2. The van der Waals surface area contributed by atoms with Crippen LogP contribution in [0.3, 0.4) is 0 Å². The summed E-state index contributed by atoms with van der Waals surface area (Å²) in [6, 6.07) is 12.0. The molecule has 6 heteroatoms. The van der Waals surface area contributed by atoms with E-state index in [0.717, 1.165) is 18.4 Å². The van der Waals surface area contributed by atoms with Gasteiger partial charge in [-0.1, -0.05) is 43.2 Å². The molecule has 27 heavy (non-hydrogen) atoms. The average Bonchev–Trinajstić information content (AvgIpc) is 3.17. The molecule has 1 N–H and O–H groups in total. The van der Waals surface area contributed by atoms with Crippen LogP contribution >= 0.6 is 0 Å². The third-order valence-corrected chi connectivity index (χ3v) is 4.97. The Morgan fingerprint density at radius 2 is 1.67 bits per heavy atom. The van der Waals surface area contributed by atoms with Gasteiger partial charge in [0, 0.05) is 12.1 Å². The molecule has 1 amide bonds. The van der Waals surface area contributed by atoms with Gasteiger partial charge in [0.15, 0.2) is 6.61 Å². The van der Waals surface area contributed by atoms with Gasteiger partial charge in [-0.25, -0.2) is 8.78 Å². The summed E-state index contributed by atoms with van der Waals surface area (Å²) in [6.07, 6.45) is 2.62. The van der Waals surface area contributed by atoms with Crippen LogP contribution in [0.25, 0.3) is 0 Å². The zero-order valence-corrected chi connectivity index (χ0v) is 14.8. The first kappa shape index (κ1) is 19.0. The molecule has 1 fully saturated rings. The number of hydrogen-bond acceptors (Lipinski definition) is 3. The van der Waals surface area contributed by atoms with Crippen molar-refractivity contribution >= 4 is 11.9 Å². The maximum absolute atomic E-state index is 14.3. The van der Waals surface area contributed by atoms with Crippen LogP contribution in [0.2, 0.25) is 0 Å². The number of benzene rings is 2. The quantitative estimate of drug-likeness (QED) is 0.787. The summed E-state index contributed by atoms with van der Waals surface area (Å²) in [5, 5.41) is 2.62. The molecule has 1 aliphatic rings. The summed E-state index contributed by atoms with van der Waals surface area (Å²) in [6.45, 7) is -0.231. The molecule has 142 valence electrons. The lowest BCUT2D eigenvalue weighted by molar-refractivity contribution is -0.154. The third kappa shape index (κ3) is 4.32. The summed E-state index contributed by atoms with van der Waals surface area (Å²) in [4.78, 5) is 24.7. The Kier molecular flexibility index (Phi) is 5.84. The lowest BCUT2D eigenvalue weighted by atomic mass is 9.78. The van der Waals surface area contributed by atoms with Crippen molar-refractivity contribution in [2.45, 2.75) is 37.6 Å². The normalized spacial score (nSPS) is 15.3. The van der Waals surface area contributed by atoms with E-state index in [4.69, 9.17) is 4.74 Å². The second-order valence-electron chi connectivity index (χ2n) is 6.75. The van der Waals surface area contributed by atoms with Gasteiger partial charge in [-0.15, -0.1) is 0 Å². The first-order valence-corrected chi connectivity index (χ1v) is 8.95. The van der Waals surface area contributed by atoms with Crippen molar-refractivity contribution < 1.29 is 23.1 Å². The second kappa shape index (κ2) is 8.29. The fourth-order valence-corrected chi connectivity index (χ4v) is 3.53. The minimum absolute atomic E-state index is 0.203. The highest BCUT2D eigenvalue weighted by Crippen LogP contribution is 2.43. The van der Waals surface area contributed by atoms with Gasteiger partial charge >= 0.3 is 5.97 Å². The van der Waals surface area contributed by atoms with E-state index in [1.807, 2.05) is 0 Å². The summed E-state index contributed by atoms with van der Waals surface area (Å²) in [5.74, 6) is -1.82. The van der Waals surface area contributed by atoms with Gasteiger partial charge in [-0.05, 0) is 36.6 Å². The molecule has 0 radical (unpaired) electrons. The van der Waals surface area contributed by atoms with Crippen LogP contribution < -0.4 is 5.32 Å². The van der Waals surface area contributed by atoms with E-state index in [9.17, 15) is 18.4 Å². The van der Waals surface area contributed by atoms with Crippen molar-refractivity contribution in [3.63, 3.8) is 0 Å². The SMILES string of the molecule is O=C(COC(=O)C1(c2ccccc2F)CCCC1)NCc1ccc(F)cc1. The van der Waals surface area contributed by atoms with Crippen LogP contribution in [0.4, 0.5) is 8.78 Å². The molecular weight excluding hydrogens is 352 g/mol. The molecule has 2 aromatic carbocycles. The van der Waals surface area contributed by atoms with E-state index in [0.29, 0.717) is 18.4 Å². The van der Waals surface area contributed by atoms with Crippen molar-refractivity contribution in [3.8, 4) is 0 Å². The Bertz CT molecular complexity index is 814. The van der Waals surface area contributed by atoms with E-state index in [1.54, 1.807) is 30.3 Å². The minimum atomic E-state index is -1.03. The number of nitrogens with one attached hydrogen (secondary N) is 1. The highest BCUT2D eigenvalue weighted by molar-refractivity contribution is 5.86. The molecule has 0 saturated heterocycles. The molecule has 1 saturated carbocycles. The molecule has 0 atom stereocenters. The van der Waals surface area contributed by atoms with Gasteiger partial charge in [-0.2, -0.15) is 0 Å². The number of rotatable bonds is 6. The predicted molar refractivity (Wildman–Crippen MR) is 95.8 cm³/mol. The maximum atomic E-state index is 14.3. The van der Waals surface area contributed by atoms with Gasteiger partial charge < -0.3 is 10.1 Å². The molecular formula is C21H21F2NO3. The summed E-state index contributed by atoms with van der Waals surface area (Å²) in [5.41, 5.74) is 0.0386. The van der Waals surface area contributed by atoms with Gasteiger partial charge in [0.2, 0.25) is 0 Å². The van der Waals surface area contributed by atoms with Crippen LogP contribution in [0.5, 0.6) is 0 Å². The lowest BCUT2D eigenvalue weighted by Crippen LogP contribution is -2.38. The largest absolute Gasteiger partial charge is 0.455 e. The molecule has 2 aromatic rings. The molecule has 0 unspecified atom stereocenters. The van der Waals surface area contributed by atoms with Gasteiger partial charge in [0.25, 0.3) is 5.91 Å². The predicted octanol–water partition coefficient (Wildman–Crippen LogP) is 3.64. The number of carbonyl (C=O) groups is 2. The number of carbonyl (C=O) groups excluding carboxylic acids is 2. The fourth-order valence-electron chi connectivity index (χ4n) is 3.53. The van der Waals surface area contributed by atoms with Crippen LogP contribution in [0.15, 0.2) is 48.5 Å². The topological polar surface area (TPSA) is 55.4 Å². The first-order chi connectivity index (χ1) is 13.0. The monoisotopic (exact) mass is 373 g/mol. The highest BCUT2D eigenvalue weighted by atomic mass is 19.1. The van der Waals surface area contributed by atoms with Crippen LogP contribution in [0, 0.1) is 11.6 Å². The van der Waals surface area contributed by atoms with Crippen molar-refractivity contribution in [1.82, 2.24) is 5.32 Å². The average molecular weight is 373 g/mol. The molecule has 4 nitrogen and oxygen atoms in total. The Hall–Kier alpha value is -2.76. The number of esters is 1. The summed E-state index contributed by atoms with van der Waals surface area (Å²) < 4.78 is 32.4. The second-order valence-corrected chi connectivity index (χ2v) is 6.75. The zero-order valence-electron chi connectivity index (χ0n) is 14.8. The molecule has 0 aromatic heterocycles. The van der Waals surface area contributed by atoms with Crippen molar-refractivity contribution in [2.24, 2.45) is 0 Å². The molecule has 0 heterocycles. The molecule has 0 aliphatic heterocycles. The maximum Gasteiger partial charge on any atom is 0.317 e. The van der Waals surface area contributed by atoms with Crippen molar-refractivity contribution in [3.05, 3.63) is 71.3 Å². The van der Waals surface area contributed by atoms with Crippen LogP contribution in [-0.4, -0.2) is 18.5 Å². The van der Waals surface area contributed by atoms with E-state index in [2.05, 4.69) is 5.32 Å². The first-order valence-electron chi connectivity index (χ1n) is 8.95. The molecule has 1 aliphatic carbocycles. The van der Waals surface area contributed by atoms with Crippen molar-refractivity contribution in [1.29, 1.82) is 0 Å². The van der Waals surface area contributed by atoms with E-state index >= 15 is 0 Å². The van der Waals surface area contributed by atoms with Crippen LogP contribution in [0.1, 0.15) is 36.8 Å². The molecule has 3 rings (SSSR count). The Balaban J connectivity index is 1.59. The van der Waals surface area contributed by atoms with Crippen molar-refractivity contribution in [2.75, 3.05) is 6.61 Å². The van der Waals surface area contributed by atoms with Crippen LogP contribution in [-0.2, 0) is 26.3 Å². The number of hydrogen-bond donors (Lipinski definition) is 1. The lowest BCUT2D eigenvalue weighted by Gasteiger charge is -2.27. The summed E-state index contributed by atoms with van der Waals surface area (Å²) >= 11 is 0. The van der Waals surface area contributed by atoms with E-state index in [1.165, 1.54) is 18.2 Å². The molecule has 0 spiro atoms. The van der Waals surface area contributed by atoms with Gasteiger partial charge in [0.1, 0.15) is 11.6 Å². The number of amides is 1. The minimum Gasteiger partial charge on any atom is -0.455 e. The smallest absolute Gasteiger partial charge is 0.317 e. The summed E-state index contributed by atoms with van der Waals surface area (Å²) in [7, 11) is 0. The highest BCUT2D eigenvalue weighted by Gasteiger charge is 2.45.